The van der Waals surface area contributed by atoms with Crippen molar-refractivity contribution >= 4 is 0 Å². The van der Waals surface area contributed by atoms with Gasteiger partial charge in [0.15, 0.2) is 0 Å². The number of fused-ring (bicyclic) bond motifs is 1. The molecule has 0 radical (unpaired) electrons. The summed E-state index contributed by atoms with van der Waals surface area (Å²) in [5.41, 5.74) is 3.30. The highest BCUT2D eigenvalue weighted by atomic mass is 16.5. The number of hydrogen-bond acceptors (Lipinski definition) is 3. The third kappa shape index (κ3) is 2.57. The minimum absolute atomic E-state index is 0.113. The van der Waals surface area contributed by atoms with Crippen LogP contribution in [0, 0.1) is 13.8 Å². The highest BCUT2D eigenvalue weighted by Gasteiger charge is 2.34. The molecule has 2 atom stereocenters. The van der Waals surface area contributed by atoms with Crippen LogP contribution in [0.1, 0.15) is 48.5 Å². The molecule has 2 aliphatic rings. The molecule has 2 unspecified atom stereocenters. The van der Waals surface area contributed by atoms with Gasteiger partial charge in [-0.2, -0.15) is 0 Å². The summed E-state index contributed by atoms with van der Waals surface area (Å²) in [7, 11) is 0. The maximum absolute atomic E-state index is 10.8. The Morgan fingerprint density at radius 3 is 2.50 bits per heavy atom. The SMILES string of the molecule is Cc1cc(C)c2c(c1)C(O)C(N1CCCCCC1)CO2. The van der Waals surface area contributed by atoms with Gasteiger partial charge in [0.25, 0.3) is 0 Å². The Labute approximate surface area is 121 Å². The quantitative estimate of drug-likeness (QED) is 0.855. The predicted octanol–water partition coefficient (Wildman–Crippen LogP) is 2.97. The lowest BCUT2D eigenvalue weighted by molar-refractivity contribution is 0.00449. The van der Waals surface area contributed by atoms with E-state index in [2.05, 4.69) is 30.9 Å². The molecule has 0 aromatic heterocycles. The standard InChI is InChI=1S/C17H25NO2/c1-12-9-13(2)17-14(10-12)16(19)15(11-20-17)18-7-5-3-4-6-8-18/h9-10,15-16,19H,3-8,11H2,1-2H3. The van der Waals surface area contributed by atoms with E-state index in [0.29, 0.717) is 6.61 Å². The Morgan fingerprint density at radius 1 is 1.10 bits per heavy atom. The number of benzene rings is 1. The number of ether oxygens (including phenoxy) is 1. The number of hydrogen-bond donors (Lipinski definition) is 1. The number of rotatable bonds is 1. The summed E-state index contributed by atoms with van der Waals surface area (Å²) in [4.78, 5) is 2.43. The summed E-state index contributed by atoms with van der Waals surface area (Å²) in [6.45, 7) is 6.93. The lowest BCUT2D eigenvalue weighted by atomic mass is 9.94. The Bertz CT molecular complexity index is 478. The summed E-state index contributed by atoms with van der Waals surface area (Å²) in [6, 6.07) is 4.32. The predicted molar refractivity (Wildman–Crippen MR) is 80.2 cm³/mol. The van der Waals surface area contributed by atoms with E-state index in [9.17, 15) is 5.11 Å². The molecule has 0 spiro atoms. The van der Waals surface area contributed by atoms with Gasteiger partial charge in [0.2, 0.25) is 0 Å². The second-order valence-electron chi connectivity index (χ2n) is 6.27. The van der Waals surface area contributed by atoms with Gasteiger partial charge < -0.3 is 9.84 Å². The highest BCUT2D eigenvalue weighted by Crippen LogP contribution is 2.37. The second-order valence-corrected chi connectivity index (χ2v) is 6.27. The van der Waals surface area contributed by atoms with E-state index in [1.807, 2.05) is 0 Å². The Kier molecular flexibility index (Phi) is 3.99. The Morgan fingerprint density at radius 2 is 1.80 bits per heavy atom. The minimum Gasteiger partial charge on any atom is -0.491 e. The van der Waals surface area contributed by atoms with Gasteiger partial charge in [-0.3, -0.25) is 4.90 Å². The fourth-order valence-corrected chi connectivity index (χ4v) is 3.60. The molecule has 20 heavy (non-hydrogen) atoms. The van der Waals surface area contributed by atoms with Crippen LogP contribution in [0.4, 0.5) is 0 Å². The van der Waals surface area contributed by atoms with Crippen LogP contribution in [-0.4, -0.2) is 35.7 Å². The Hall–Kier alpha value is -1.06. The van der Waals surface area contributed by atoms with Crippen molar-refractivity contribution in [1.82, 2.24) is 4.90 Å². The summed E-state index contributed by atoms with van der Waals surface area (Å²) >= 11 is 0. The molecular weight excluding hydrogens is 250 g/mol. The molecule has 3 rings (SSSR count). The summed E-state index contributed by atoms with van der Waals surface area (Å²) in [5.74, 6) is 0.897. The van der Waals surface area contributed by atoms with Crippen molar-refractivity contribution in [3.63, 3.8) is 0 Å². The van der Waals surface area contributed by atoms with Crippen molar-refractivity contribution in [3.8, 4) is 5.75 Å². The van der Waals surface area contributed by atoms with Crippen molar-refractivity contribution in [2.75, 3.05) is 19.7 Å². The molecule has 1 fully saturated rings. The normalized spacial score (nSPS) is 27.6. The largest absolute Gasteiger partial charge is 0.491 e. The molecule has 2 aliphatic heterocycles. The molecule has 3 heteroatoms. The van der Waals surface area contributed by atoms with Gasteiger partial charge in [0.05, 0.1) is 6.04 Å². The van der Waals surface area contributed by atoms with Gasteiger partial charge in [-0.05, 0) is 51.4 Å². The third-order valence-corrected chi connectivity index (χ3v) is 4.64. The van der Waals surface area contributed by atoms with Gasteiger partial charge in [0.1, 0.15) is 18.5 Å². The molecule has 1 saturated heterocycles. The van der Waals surface area contributed by atoms with E-state index >= 15 is 0 Å². The van der Waals surface area contributed by atoms with Gasteiger partial charge in [-0.15, -0.1) is 0 Å². The number of aliphatic hydroxyl groups excluding tert-OH is 1. The fraction of sp³-hybridized carbons (Fsp3) is 0.647. The average Bonchev–Trinajstić information content (AvgIpc) is 2.69. The summed E-state index contributed by atoms with van der Waals surface area (Å²) < 4.78 is 5.98. The zero-order valence-corrected chi connectivity index (χ0v) is 12.6. The van der Waals surface area contributed by atoms with Gasteiger partial charge in [-0.25, -0.2) is 0 Å². The van der Waals surface area contributed by atoms with Crippen molar-refractivity contribution < 1.29 is 9.84 Å². The van der Waals surface area contributed by atoms with Crippen molar-refractivity contribution in [2.24, 2.45) is 0 Å². The van der Waals surface area contributed by atoms with Crippen molar-refractivity contribution in [1.29, 1.82) is 0 Å². The van der Waals surface area contributed by atoms with Crippen LogP contribution in [0.5, 0.6) is 5.75 Å². The van der Waals surface area contributed by atoms with E-state index in [4.69, 9.17) is 4.74 Å². The molecule has 3 nitrogen and oxygen atoms in total. The highest BCUT2D eigenvalue weighted by molar-refractivity contribution is 5.46. The van der Waals surface area contributed by atoms with Crippen LogP contribution in [0.2, 0.25) is 0 Å². The van der Waals surface area contributed by atoms with Gasteiger partial charge in [-0.1, -0.05) is 24.5 Å². The molecule has 0 amide bonds. The molecular formula is C17H25NO2. The summed E-state index contributed by atoms with van der Waals surface area (Å²) in [5, 5.41) is 10.8. The molecule has 1 aromatic rings. The number of aliphatic hydroxyl groups is 1. The zero-order valence-electron chi connectivity index (χ0n) is 12.6. The van der Waals surface area contributed by atoms with Crippen LogP contribution in [-0.2, 0) is 0 Å². The molecule has 0 saturated carbocycles. The molecule has 1 aromatic carbocycles. The van der Waals surface area contributed by atoms with Gasteiger partial charge >= 0.3 is 0 Å². The lowest BCUT2D eigenvalue weighted by Gasteiger charge is -2.38. The van der Waals surface area contributed by atoms with Crippen LogP contribution >= 0.6 is 0 Å². The van der Waals surface area contributed by atoms with E-state index in [0.717, 1.165) is 30.0 Å². The number of aryl methyl sites for hydroxylation is 2. The Balaban J connectivity index is 1.86. The lowest BCUT2D eigenvalue weighted by Crippen LogP contribution is -2.46. The van der Waals surface area contributed by atoms with Crippen LogP contribution in [0.15, 0.2) is 12.1 Å². The van der Waals surface area contributed by atoms with E-state index in [1.54, 1.807) is 0 Å². The number of nitrogens with zero attached hydrogens (tertiary/aromatic N) is 1. The number of likely N-dealkylation sites (tertiary alicyclic amines) is 1. The average molecular weight is 275 g/mol. The zero-order chi connectivity index (χ0) is 14.1. The first kappa shape index (κ1) is 13.9. The first-order valence-electron chi connectivity index (χ1n) is 7.83. The molecule has 110 valence electrons. The topological polar surface area (TPSA) is 32.7 Å². The molecule has 2 heterocycles. The second kappa shape index (κ2) is 5.74. The fourth-order valence-electron chi connectivity index (χ4n) is 3.60. The monoisotopic (exact) mass is 275 g/mol. The van der Waals surface area contributed by atoms with Crippen LogP contribution < -0.4 is 4.74 Å². The maximum atomic E-state index is 10.8. The third-order valence-electron chi connectivity index (χ3n) is 4.64. The van der Waals surface area contributed by atoms with E-state index in [1.165, 1.54) is 31.2 Å². The minimum atomic E-state index is -0.421. The molecule has 0 aliphatic carbocycles. The van der Waals surface area contributed by atoms with Crippen molar-refractivity contribution in [3.05, 3.63) is 28.8 Å². The van der Waals surface area contributed by atoms with E-state index < -0.39 is 6.10 Å². The van der Waals surface area contributed by atoms with Crippen molar-refractivity contribution in [2.45, 2.75) is 51.7 Å². The molecule has 1 N–H and O–H groups in total. The summed E-state index contributed by atoms with van der Waals surface area (Å²) in [6.07, 6.45) is 4.69. The molecule has 0 bridgehead atoms. The maximum Gasteiger partial charge on any atom is 0.128 e. The van der Waals surface area contributed by atoms with Gasteiger partial charge in [0, 0.05) is 5.56 Å². The first-order chi connectivity index (χ1) is 9.66. The van der Waals surface area contributed by atoms with Crippen LogP contribution in [0.25, 0.3) is 0 Å². The smallest absolute Gasteiger partial charge is 0.128 e. The first-order valence-corrected chi connectivity index (χ1v) is 7.83. The van der Waals surface area contributed by atoms with Crippen LogP contribution in [0.3, 0.4) is 0 Å². The van der Waals surface area contributed by atoms with E-state index in [-0.39, 0.29) is 6.04 Å².